The highest BCUT2D eigenvalue weighted by Gasteiger charge is 2.17. The number of benzene rings is 1. The van der Waals surface area contributed by atoms with E-state index >= 15 is 0 Å². The fourth-order valence-electron chi connectivity index (χ4n) is 2.36. The molecule has 2 rings (SSSR count). The quantitative estimate of drug-likeness (QED) is 0.857. The van der Waals surface area contributed by atoms with Crippen LogP contribution in [0.1, 0.15) is 35.9 Å². The minimum absolute atomic E-state index is 0.0803. The summed E-state index contributed by atoms with van der Waals surface area (Å²) in [5.41, 5.74) is 1.72. The summed E-state index contributed by atoms with van der Waals surface area (Å²) in [6.07, 6.45) is 2.51. The van der Waals surface area contributed by atoms with Gasteiger partial charge < -0.3 is 15.0 Å². The van der Waals surface area contributed by atoms with Crippen molar-refractivity contribution in [3.63, 3.8) is 0 Å². The van der Waals surface area contributed by atoms with Crippen LogP contribution < -0.4 is 5.32 Å². The van der Waals surface area contributed by atoms with Crippen LogP contribution in [-0.4, -0.2) is 28.2 Å². The Bertz CT molecular complexity index is 575. The number of aromatic nitrogens is 1. The van der Waals surface area contributed by atoms with Gasteiger partial charge in [-0.25, -0.2) is 0 Å². The Morgan fingerprint density at radius 2 is 1.90 bits per heavy atom. The van der Waals surface area contributed by atoms with Crippen molar-refractivity contribution in [1.82, 2.24) is 9.88 Å². The number of aliphatic hydroxyl groups is 1. The predicted molar refractivity (Wildman–Crippen MR) is 83.3 cm³/mol. The Labute approximate surface area is 125 Å². The van der Waals surface area contributed by atoms with E-state index in [2.05, 4.69) is 5.32 Å². The SMILES string of the molecule is CC(C)n1cccc1C(=O)NC(CO)Cc1ccccc1. The van der Waals surface area contributed by atoms with Crippen LogP contribution in [0.15, 0.2) is 48.7 Å². The van der Waals surface area contributed by atoms with Gasteiger partial charge in [-0.2, -0.15) is 0 Å². The number of carbonyl (C=O) groups excluding carboxylic acids is 1. The number of nitrogens with zero attached hydrogens (tertiary/aromatic N) is 1. The molecule has 4 heteroatoms. The summed E-state index contributed by atoms with van der Waals surface area (Å²) in [6, 6.07) is 13.4. The zero-order chi connectivity index (χ0) is 15.2. The van der Waals surface area contributed by atoms with Crippen LogP contribution in [0.4, 0.5) is 0 Å². The molecule has 0 fully saturated rings. The second kappa shape index (κ2) is 7.09. The van der Waals surface area contributed by atoms with Crippen molar-refractivity contribution in [3.05, 3.63) is 59.9 Å². The average molecular weight is 286 g/mol. The van der Waals surface area contributed by atoms with E-state index in [9.17, 15) is 9.90 Å². The largest absolute Gasteiger partial charge is 0.394 e. The predicted octanol–water partition coefficient (Wildman–Crippen LogP) is 2.40. The summed E-state index contributed by atoms with van der Waals surface area (Å²) in [4.78, 5) is 12.3. The fraction of sp³-hybridized carbons (Fsp3) is 0.353. The molecule has 1 amide bonds. The molecule has 1 unspecified atom stereocenters. The minimum atomic E-state index is -0.282. The molecule has 112 valence electrons. The molecule has 0 aliphatic heterocycles. The first-order valence-corrected chi connectivity index (χ1v) is 7.24. The summed E-state index contributed by atoms with van der Waals surface area (Å²) in [5.74, 6) is -0.149. The summed E-state index contributed by atoms with van der Waals surface area (Å²) in [5, 5.41) is 12.4. The van der Waals surface area contributed by atoms with Gasteiger partial charge >= 0.3 is 0 Å². The van der Waals surface area contributed by atoms with Gasteiger partial charge in [-0.05, 0) is 38.0 Å². The molecule has 0 aliphatic carbocycles. The molecule has 0 saturated carbocycles. The zero-order valence-electron chi connectivity index (χ0n) is 12.5. The van der Waals surface area contributed by atoms with E-state index in [1.807, 2.05) is 61.0 Å². The van der Waals surface area contributed by atoms with Gasteiger partial charge in [0, 0.05) is 12.2 Å². The molecule has 1 atom stereocenters. The molecular weight excluding hydrogens is 264 g/mol. The number of hydrogen-bond acceptors (Lipinski definition) is 2. The molecule has 4 nitrogen and oxygen atoms in total. The lowest BCUT2D eigenvalue weighted by atomic mass is 10.1. The monoisotopic (exact) mass is 286 g/mol. The van der Waals surface area contributed by atoms with Gasteiger partial charge in [-0.3, -0.25) is 4.79 Å². The Hall–Kier alpha value is -2.07. The molecule has 1 heterocycles. The fourth-order valence-corrected chi connectivity index (χ4v) is 2.36. The van der Waals surface area contributed by atoms with E-state index in [-0.39, 0.29) is 24.6 Å². The average Bonchev–Trinajstić information content (AvgIpc) is 2.97. The van der Waals surface area contributed by atoms with Crippen molar-refractivity contribution in [2.75, 3.05) is 6.61 Å². The molecule has 21 heavy (non-hydrogen) atoms. The van der Waals surface area contributed by atoms with Crippen molar-refractivity contribution >= 4 is 5.91 Å². The third kappa shape index (κ3) is 3.95. The van der Waals surface area contributed by atoms with Crippen molar-refractivity contribution in [2.45, 2.75) is 32.4 Å². The van der Waals surface area contributed by atoms with Crippen LogP contribution in [0.3, 0.4) is 0 Å². The van der Waals surface area contributed by atoms with Crippen molar-refractivity contribution in [1.29, 1.82) is 0 Å². The molecule has 1 aromatic heterocycles. The van der Waals surface area contributed by atoms with Gasteiger partial charge in [-0.15, -0.1) is 0 Å². The van der Waals surface area contributed by atoms with E-state index in [0.717, 1.165) is 5.56 Å². The van der Waals surface area contributed by atoms with Crippen molar-refractivity contribution in [2.24, 2.45) is 0 Å². The van der Waals surface area contributed by atoms with Crippen LogP contribution >= 0.6 is 0 Å². The number of rotatable bonds is 6. The molecule has 0 spiro atoms. The Morgan fingerprint density at radius 3 is 2.52 bits per heavy atom. The number of amides is 1. The standard InChI is InChI=1S/C17H22N2O2/c1-13(2)19-10-6-9-16(19)17(21)18-15(12-20)11-14-7-4-3-5-8-14/h3-10,13,15,20H,11-12H2,1-2H3,(H,18,21). The second-order valence-electron chi connectivity index (χ2n) is 5.44. The Balaban J connectivity index is 2.04. The summed E-state index contributed by atoms with van der Waals surface area (Å²) in [6.45, 7) is 3.98. The van der Waals surface area contributed by atoms with Crippen molar-refractivity contribution < 1.29 is 9.90 Å². The third-order valence-electron chi connectivity index (χ3n) is 3.45. The van der Waals surface area contributed by atoms with Gasteiger partial charge in [-0.1, -0.05) is 30.3 Å². The number of aliphatic hydroxyl groups excluding tert-OH is 1. The van der Waals surface area contributed by atoms with E-state index in [1.165, 1.54) is 0 Å². The van der Waals surface area contributed by atoms with E-state index in [1.54, 1.807) is 6.07 Å². The van der Waals surface area contributed by atoms with Crippen LogP contribution in [0.25, 0.3) is 0 Å². The lowest BCUT2D eigenvalue weighted by Crippen LogP contribution is -2.40. The maximum absolute atomic E-state index is 12.3. The Morgan fingerprint density at radius 1 is 1.19 bits per heavy atom. The van der Waals surface area contributed by atoms with Crippen molar-refractivity contribution in [3.8, 4) is 0 Å². The van der Waals surface area contributed by atoms with E-state index < -0.39 is 0 Å². The lowest BCUT2D eigenvalue weighted by Gasteiger charge is -2.18. The topological polar surface area (TPSA) is 54.3 Å². The number of carbonyl (C=O) groups is 1. The maximum Gasteiger partial charge on any atom is 0.268 e. The highest BCUT2D eigenvalue weighted by molar-refractivity contribution is 5.93. The molecule has 2 N–H and O–H groups in total. The van der Waals surface area contributed by atoms with Gasteiger partial charge in [0.2, 0.25) is 0 Å². The minimum Gasteiger partial charge on any atom is -0.394 e. The maximum atomic E-state index is 12.3. The first-order chi connectivity index (χ1) is 10.1. The van der Waals surface area contributed by atoms with E-state index in [0.29, 0.717) is 12.1 Å². The molecule has 2 aromatic rings. The van der Waals surface area contributed by atoms with Gasteiger partial charge in [0.05, 0.1) is 12.6 Å². The first-order valence-electron chi connectivity index (χ1n) is 7.24. The summed E-state index contributed by atoms with van der Waals surface area (Å²) < 4.78 is 1.92. The van der Waals surface area contributed by atoms with Crippen LogP contribution in [0.2, 0.25) is 0 Å². The van der Waals surface area contributed by atoms with Gasteiger partial charge in [0.15, 0.2) is 0 Å². The molecule has 0 bridgehead atoms. The zero-order valence-corrected chi connectivity index (χ0v) is 12.5. The number of nitrogens with one attached hydrogen (secondary N) is 1. The molecule has 0 saturated heterocycles. The molecule has 0 aliphatic rings. The summed E-state index contributed by atoms with van der Waals surface area (Å²) >= 11 is 0. The summed E-state index contributed by atoms with van der Waals surface area (Å²) in [7, 11) is 0. The normalized spacial score (nSPS) is 12.4. The van der Waals surface area contributed by atoms with Gasteiger partial charge in [0.1, 0.15) is 5.69 Å². The molecule has 1 aromatic carbocycles. The first kappa shape index (κ1) is 15.3. The highest BCUT2D eigenvalue weighted by atomic mass is 16.3. The van der Waals surface area contributed by atoms with E-state index in [4.69, 9.17) is 0 Å². The Kier molecular flexibility index (Phi) is 5.17. The van der Waals surface area contributed by atoms with Crippen LogP contribution in [0, 0.1) is 0 Å². The molecular formula is C17H22N2O2. The number of hydrogen-bond donors (Lipinski definition) is 2. The second-order valence-corrected chi connectivity index (χ2v) is 5.44. The van der Waals surface area contributed by atoms with Gasteiger partial charge in [0.25, 0.3) is 5.91 Å². The smallest absolute Gasteiger partial charge is 0.268 e. The third-order valence-corrected chi connectivity index (χ3v) is 3.45. The van der Waals surface area contributed by atoms with Crippen LogP contribution in [0.5, 0.6) is 0 Å². The highest BCUT2D eigenvalue weighted by Crippen LogP contribution is 2.11. The molecule has 0 radical (unpaired) electrons. The van der Waals surface area contributed by atoms with Crippen LogP contribution in [-0.2, 0) is 6.42 Å². The lowest BCUT2D eigenvalue weighted by molar-refractivity contribution is 0.0905.